The molecule has 114 valence electrons. The largest absolute Gasteiger partial charge is 0.481 e. The second-order valence-corrected chi connectivity index (χ2v) is 5.89. The van der Waals surface area contributed by atoms with Gasteiger partial charge in [-0.25, -0.2) is 0 Å². The highest BCUT2D eigenvalue weighted by molar-refractivity contribution is 5.98. The lowest BCUT2D eigenvalue weighted by Gasteiger charge is -2.36. The predicted molar refractivity (Wildman–Crippen MR) is 81.2 cm³/mol. The van der Waals surface area contributed by atoms with Crippen LogP contribution in [0.25, 0.3) is 0 Å². The summed E-state index contributed by atoms with van der Waals surface area (Å²) in [4.78, 5) is 22.6. The molecule has 0 bridgehead atoms. The van der Waals surface area contributed by atoms with Gasteiger partial charge in [0, 0.05) is 12.2 Å². The van der Waals surface area contributed by atoms with E-state index in [-0.39, 0.29) is 11.8 Å². The van der Waals surface area contributed by atoms with Crippen LogP contribution in [0.15, 0.2) is 24.3 Å². The molecule has 0 aromatic heterocycles. The average Bonchev–Trinajstić information content (AvgIpc) is 2.46. The number of nitrogens with two attached hydrogens (primary N) is 1. The first-order chi connectivity index (χ1) is 10.0. The predicted octanol–water partition coefficient (Wildman–Crippen LogP) is 2.62. The molecule has 1 aromatic carbocycles. The maximum Gasteiger partial charge on any atom is 0.303 e. The second kappa shape index (κ2) is 6.61. The minimum Gasteiger partial charge on any atom is -0.481 e. The lowest BCUT2D eigenvalue weighted by atomic mass is 9.71. The van der Waals surface area contributed by atoms with Gasteiger partial charge < -0.3 is 16.2 Å². The number of carboxylic acids is 1. The zero-order chi connectivity index (χ0) is 15.3. The van der Waals surface area contributed by atoms with Crippen molar-refractivity contribution in [2.45, 2.75) is 38.5 Å². The number of nitrogens with one attached hydrogen (secondary N) is 1. The van der Waals surface area contributed by atoms with Gasteiger partial charge in [-0.1, -0.05) is 31.4 Å². The van der Waals surface area contributed by atoms with Crippen molar-refractivity contribution < 1.29 is 14.7 Å². The number of amides is 1. The molecular formula is C16H22N2O3. The average molecular weight is 290 g/mol. The van der Waals surface area contributed by atoms with Crippen LogP contribution in [0.3, 0.4) is 0 Å². The van der Waals surface area contributed by atoms with Crippen LogP contribution in [-0.2, 0) is 4.79 Å². The first-order valence-corrected chi connectivity index (χ1v) is 7.37. The second-order valence-electron chi connectivity index (χ2n) is 5.89. The van der Waals surface area contributed by atoms with Crippen LogP contribution in [-0.4, -0.2) is 23.5 Å². The normalized spacial score (nSPS) is 17.1. The Labute approximate surface area is 124 Å². The fourth-order valence-electron chi connectivity index (χ4n) is 3.17. The van der Waals surface area contributed by atoms with Gasteiger partial charge in [-0.3, -0.25) is 9.59 Å². The zero-order valence-electron chi connectivity index (χ0n) is 12.1. The molecule has 0 saturated heterocycles. The Balaban J connectivity index is 2.11. The van der Waals surface area contributed by atoms with Crippen molar-refractivity contribution in [3.63, 3.8) is 0 Å². The monoisotopic (exact) mass is 290 g/mol. The number of hydrogen-bond acceptors (Lipinski definition) is 3. The smallest absolute Gasteiger partial charge is 0.303 e. The van der Waals surface area contributed by atoms with Crippen LogP contribution in [0.1, 0.15) is 48.9 Å². The van der Waals surface area contributed by atoms with Gasteiger partial charge in [0.25, 0.3) is 5.91 Å². The summed E-state index contributed by atoms with van der Waals surface area (Å²) in [6.07, 6.45) is 5.27. The van der Waals surface area contributed by atoms with Gasteiger partial charge in [0.05, 0.1) is 12.0 Å². The number of aliphatic carboxylic acids is 1. The SMILES string of the molecule is NC(=O)c1ccccc1NCC1(CC(=O)O)CCCCC1. The van der Waals surface area contributed by atoms with Crippen molar-refractivity contribution in [1.82, 2.24) is 0 Å². The Kier molecular flexibility index (Phi) is 4.83. The number of carboxylic acid groups (broad SMARTS) is 1. The highest BCUT2D eigenvalue weighted by atomic mass is 16.4. The minimum absolute atomic E-state index is 0.165. The summed E-state index contributed by atoms with van der Waals surface area (Å²) in [5, 5.41) is 12.4. The standard InChI is InChI=1S/C16H22N2O3/c17-15(21)12-6-2-3-7-13(12)18-11-16(10-14(19)20)8-4-1-5-9-16/h2-3,6-7,18H,1,4-5,8-11H2,(H2,17,21)(H,19,20). The van der Waals surface area contributed by atoms with Crippen LogP contribution in [0.5, 0.6) is 0 Å². The molecule has 1 aliphatic carbocycles. The lowest BCUT2D eigenvalue weighted by molar-refractivity contribution is -0.140. The van der Waals surface area contributed by atoms with Crippen LogP contribution in [0.2, 0.25) is 0 Å². The van der Waals surface area contributed by atoms with Crippen molar-refractivity contribution in [2.24, 2.45) is 11.1 Å². The topological polar surface area (TPSA) is 92.4 Å². The van der Waals surface area contributed by atoms with E-state index in [9.17, 15) is 9.59 Å². The van der Waals surface area contributed by atoms with Gasteiger partial charge in [0.1, 0.15) is 0 Å². The van der Waals surface area contributed by atoms with Crippen LogP contribution >= 0.6 is 0 Å². The molecule has 5 nitrogen and oxygen atoms in total. The lowest BCUT2D eigenvalue weighted by Crippen LogP contribution is -2.35. The van der Waals surface area contributed by atoms with Crippen LogP contribution in [0.4, 0.5) is 5.69 Å². The van der Waals surface area contributed by atoms with Crippen molar-refractivity contribution in [1.29, 1.82) is 0 Å². The van der Waals surface area contributed by atoms with Gasteiger partial charge >= 0.3 is 5.97 Å². The summed E-state index contributed by atoms with van der Waals surface area (Å²) in [6.45, 7) is 0.559. The number of hydrogen-bond donors (Lipinski definition) is 3. The van der Waals surface area contributed by atoms with E-state index < -0.39 is 11.9 Å². The molecule has 2 rings (SSSR count). The van der Waals surface area contributed by atoms with Gasteiger partial charge in [-0.05, 0) is 30.4 Å². The summed E-state index contributed by atoms with van der Waals surface area (Å²) in [5.41, 5.74) is 6.26. The Morgan fingerprint density at radius 1 is 1.19 bits per heavy atom. The number of anilines is 1. The summed E-state index contributed by atoms with van der Waals surface area (Å²) in [7, 11) is 0. The minimum atomic E-state index is -0.762. The number of carbonyl (C=O) groups excluding carboxylic acids is 1. The molecule has 1 aromatic rings. The molecule has 0 radical (unpaired) electrons. The Bertz CT molecular complexity index is 522. The van der Waals surface area contributed by atoms with Crippen molar-refractivity contribution in [3.8, 4) is 0 Å². The van der Waals surface area contributed by atoms with Crippen LogP contribution < -0.4 is 11.1 Å². The Morgan fingerprint density at radius 3 is 2.48 bits per heavy atom. The first kappa shape index (κ1) is 15.4. The highest BCUT2D eigenvalue weighted by Gasteiger charge is 2.34. The van der Waals surface area contributed by atoms with E-state index in [0.717, 1.165) is 25.7 Å². The molecule has 0 unspecified atom stereocenters. The molecule has 1 saturated carbocycles. The van der Waals surface area contributed by atoms with Crippen molar-refractivity contribution in [3.05, 3.63) is 29.8 Å². The molecule has 21 heavy (non-hydrogen) atoms. The summed E-state index contributed by atoms with van der Waals surface area (Å²) in [5.74, 6) is -1.24. The molecule has 0 atom stereocenters. The molecular weight excluding hydrogens is 268 g/mol. The summed E-state index contributed by atoms with van der Waals surface area (Å²) in [6, 6.07) is 7.07. The fourth-order valence-corrected chi connectivity index (χ4v) is 3.17. The van der Waals surface area contributed by atoms with E-state index >= 15 is 0 Å². The number of rotatable bonds is 6. The van der Waals surface area contributed by atoms with Gasteiger partial charge in [-0.2, -0.15) is 0 Å². The molecule has 5 heteroatoms. The number of carbonyl (C=O) groups is 2. The van der Waals surface area contributed by atoms with E-state index in [1.54, 1.807) is 18.2 Å². The third-order valence-electron chi connectivity index (χ3n) is 4.29. The molecule has 1 aliphatic rings. The number of benzene rings is 1. The van der Waals surface area contributed by atoms with Gasteiger partial charge in [-0.15, -0.1) is 0 Å². The number of primary amides is 1. The van der Waals surface area contributed by atoms with E-state index in [1.165, 1.54) is 6.42 Å². The Morgan fingerprint density at radius 2 is 1.86 bits per heavy atom. The summed E-state index contributed by atoms with van der Waals surface area (Å²) >= 11 is 0. The molecule has 4 N–H and O–H groups in total. The maximum absolute atomic E-state index is 11.4. The van der Waals surface area contributed by atoms with Gasteiger partial charge in [0.15, 0.2) is 0 Å². The van der Waals surface area contributed by atoms with E-state index in [0.29, 0.717) is 17.8 Å². The van der Waals surface area contributed by atoms with E-state index in [1.807, 2.05) is 6.07 Å². The molecule has 0 heterocycles. The number of para-hydroxylation sites is 1. The highest BCUT2D eigenvalue weighted by Crippen LogP contribution is 2.39. The first-order valence-electron chi connectivity index (χ1n) is 7.37. The molecule has 1 fully saturated rings. The Hall–Kier alpha value is -2.04. The third-order valence-corrected chi connectivity index (χ3v) is 4.29. The molecule has 0 aliphatic heterocycles. The quantitative estimate of drug-likeness (QED) is 0.751. The van der Waals surface area contributed by atoms with Gasteiger partial charge in [0.2, 0.25) is 0 Å². The maximum atomic E-state index is 11.4. The van der Waals surface area contributed by atoms with E-state index in [4.69, 9.17) is 10.8 Å². The van der Waals surface area contributed by atoms with E-state index in [2.05, 4.69) is 5.32 Å². The molecule has 1 amide bonds. The van der Waals surface area contributed by atoms with Crippen LogP contribution in [0, 0.1) is 5.41 Å². The summed E-state index contributed by atoms with van der Waals surface area (Å²) < 4.78 is 0. The third kappa shape index (κ3) is 3.97. The zero-order valence-corrected chi connectivity index (χ0v) is 12.1. The van der Waals surface area contributed by atoms with Crippen molar-refractivity contribution >= 4 is 17.6 Å². The van der Waals surface area contributed by atoms with Crippen molar-refractivity contribution in [2.75, 3.05) is 11.9 Å². The fraction of sp³-hybridized carbons (Fsp3) is 0.500. The molecule has 0 spiro atoms.